The quantitative estimate of drug-likeness (QED) is 0.491. The van der Waals surface area contributed by atoms with Gasteiger partial charge in [-0.1, -0.05) is 6.07 Å². The first-order chi connectivity index (χ1) is 10.6. The van der Waals surface area contributed by atoms with Gasteiger partial charge < -0.3 is 14.8 Å². The number of nitro benzene ring substituents is 1. The van der Waals surface area contributed by atoms with Crippen molar-refractivity contribution in [2.24, 2.45) is 5.92 Å². The Kier molecular flexibility index (Phi) is 3.98. The summed E-state index contributed by atoms with van der Waals surface area (Å²) in [6, 6.07) is 4.98. The van der Waals surface area contributed by atoms with E-state index in [2.05, 4.69) is 5.32 Å². The highest BCUT2D eigenvalue weighted by atomic mass is 16.6. The molecular weight excluding hydrogens is 288 g/mol. The van der Waals surface area contributed by atoms with Gasteiger partial charge in [-0.25, -0.2) is 0 Å². The number of rotatable bonds is 6. The molecule has 0 bridgehead atoms. The van der Waals surface area contributed by atoms with Crippen LogP contribution in [-0.2, 0) is 14.3 Å². The van der Waals surface area contributed by atoms with Crippen LogP contribution in [0.5, 0.6) is 0 Å². The molecule has 0 amide bonds. The lowest BCUT2D eigenvalue weighted by molar-refractivity contribution is -0.384. The third-order valence-electron chi connectivity index (χ3n) is 4.25. The van der Waals surface area contributed by atoms with Crippen molar-refractivity contribution in [3.8, 4) is 0 Å². The van der Waals surface area contributed by atoms with E-state index < -0.39 is 4.92 Å². The zero-order valence-corrected chi connectivity index (χ0v) is 12.3. The van der Waals surface area contributed by atoms with Crippen LogP contribution in [-0.4, -0.2) is 37.3 Å². The summed E-state index contributed by atoms with van der Waals surface area (Å²) >= 11 is 0. The van der Waals surface area contributed by atoms with Gasteiger partial charge in [-0.05, 0) is 30.4 Å². The number of ether oxygens (including phenoxy) is 2. The summed E-state index contributed by atoms with van der Waals surface area (Å²) in [6.07, 6.45) is 1.82. The van der Waals surface area contributed by atoms with E-state index in [1.165, 1.54) is 13.2 Å². The van der Waals surface area contributed by atoms with Gasteiger partial charge in [0.1, 0.15) is 5.69 Å². The molecule has 0 radical (unpaired) electrons. The molecule has 1 N–H and O–H groups in total. The smallest absolute Gasteiger partial charge is 0.309 e. The summed E-state index contributed by atoms with van der Waals surface area (Å²) in [6.45, 7) is 1.30. The van der Waals surface area contributed by atoms with E-state index in [0.29, 0.717) is 12.2 Å². The Labute approximate surface area is 127 Å². The first-order valence-corrected chi connectivity index (χ1v) is 7.31. The lowest BCUT2D eigenvalue weighted by Crippen LogP contribution is -2.33. The molecule has 1 heterocycles. The van der Waals surface area contributed by atoms with E-state index in [1.807, 2.05) is 0 Å². The highest BCUT2D eigenvalue weighted by molar-refractivity contribution is 5.77. The summed E-state index contributed by atoms with van der Waals surface area (Å²) < 4.78 is 10.1. The first-order valence-electron chi connectivity index (χ1n) is 7.31. The Bertz CT molecular complexity index is 600. The lowest BCUT2D eigenvalue weighted by Gasteiger charge is -2.26. The van der Waals surface area contributed by atoms with Crippen LogP contribution < -0.4 is 5.32 Å². The number of carbonyl (C=O) groups excluding carboxylic acids is 1. The van der Waals surface area contributed by atoms with Crippen molar-refractivity contribution in [1.29, 1.82) is 0 Å². The molecule has 3 rings (SSSR count). The van der Waals surface area contributed by atoms with Crippen LogP contribution in [0, 0.1) is 16.0 Å². The number of nitrogens with zero attached hydrogens (tertiary/aromatic N) is 1. The fraction of sp³-hybridized carbons (Fsp3) is 0.533. The Morgan fingerprint density at radius 3 is 2.91 bits per heavy atom. The molecule has 3 atom stereocenters. The summed E-state index contributed by atoms with van der Waals surface area (Å²) in [5.41, 5.74) is 1.45. The molecule has 22 heavy (non-hydrogen) atoms. The van der Waals surface area contributed by atoms with Crippen molar-refractivity contribution in [2.75, 3.05) is 25.6 Å². The summed E-state index contributed by atoms with van der Waals surface area (Å²) in [7, 11) is 1.37. The number of benzene rings is 1. The van der Waals surface area contributed by atoms with Gasteiger partial charge >= 0.3 is 5.97 Å². The van der Waals surface area contributed by atoms with Crippen molar-refractivity contribution < 1.29 is 19.2 Å². The van der Waals surface area contributed by atoms with E-state index in [9.17, 15) is 14.9 Å². The number of hydrogen-bond donors (Lipinski definition) is 1. The monoisotopic (exact) mass is 306 g/mol. The second kappa shape index (κ2) is 5.92. The number of nitrogens with one attached hydrogen (secondary N) is 1. The fourth-order valence-electron chi connectivity index (χ4n) is 2.73. The maximum absolute atomic E-state index is 11.5. The van der Waals surface area contributed by atoms with E-state index in [1.54, 1.807) is 12.1 Å². The second-order valence-corrected chi connectivity index (χ2v) is 5.67. The van der Waals surface area contributed by atoms with Gasteiger partial charge in [0.25, 0.3) is 5.69 Å². The van der Waals surface area contributed by atoms with E-state index in [4.69, 9.17) is 9.47 Å². The molecule has 2 aliphatic rings. The minimum Gasteiger partial charge on any atom is -0.469 e. The fourth-order valence-corrected chi connectivity index (χ4v) is 2.73. The Morgan fingerprint density at radius 1 is 1.55 bits per heavy atom. The van der Waals surface area contributed by atoms with Crippen LogP contribution in [0.4, 0.5) is 11.4 Å². The SMILES string of the molecule is COC(=O)C1CC1c1ccc([N+](=O)[O-])c(NC[C@@H]2CCO2)c1. The van der Waals surface area contributed by atoms with Crippen molar-refractivity contribution >= 4 is 17.3 Å². The van der Waals surface area contributed by atoms with Crippen molar-refractivity contribution in [3.63, 3.8) is 0 Å². The molecule has 1 aromatic carbocycles. The molecule has 2 fully saturated rings. The number of anilines is 1. The topological polar surface area (TPSA) is 90.7 Å². The van der Waals surface area contributed by atoms with Crippen LogP contribution in [0.25, 0.3) is 0 Å². The summed E-state index contributed by atoms with van der Waals surface area (Å²) in [5, 5.41) is 14.2. The van der Waals surface area contributed by atoms with Gasteiger partial charge in [-0.3, -0.25) is 14.9 Å². The number of carbonyl (C=O) groups is 1. The standard InChI is InChI=1S/C15H18N2O5/c1-21-15(18)12-7-11(12)9-2-3-14(17(19)20)13(6-9)16-8-10-4-5-22-10/h2-3,6,10-12,16H,4-5,7-8H2,1H3/t10-,11?,12?/m0/s1. The number of hydrogen-bond acceptors (Lipinski definition) is 6. The van der Waals surface area contributed by atoms with Crippen LogP contribution in [0.2, 0.25) is 0 Å². The minimum atomic E-state index is -0.404. The normalized spacial score (nSPS) is 26.0. The number of esters is 1. The van der Waals surface area contributed by atoms with Gasteiger partial charge in [0, 0.05) is 19.2 Å². The van der Waals surface area contributed by atoms with Crippen LogP contribution in [0.3, 0.4) is 0 Å². The Morgan fingerprint density at radius 2 is 2.32 bits per heavy atom. The van der Waals surface area contributed by atoms with E-state index in [-0.39, 0.29) is 29.6 Å². The third-order valence-corrected chi connectivity index (χ3v) is 4.25. The van der Waals surface area contributed by atoms with Gasteiger partial charge in [0.15, 0.2) is 0 Å². The third kappa shape index (κ3) is 2.89. The average Bonchev–Trinajstić information content (AvgIpc) is 3.25. The van der Waals surface area contributed by atoms with Crippen molar-refractivity contribution in [3.05, 3.63) is 33.9 Å². The maximum Gasteiger partial charge on any atom is 0.309 e. The highest BCUT2D eigenvalue weighted by Crippen LogP contribution is 2.49. The molecule has 1 saturated heterocycles. The van der Waals surface area contributed by atoms with E-state index >= 15 is 0 Å². The predicted molar refractivity (Wildman–Crippen MR) is 78.8 cm³/mol. The highest BCUT2D eigenvalue weighted by Gasteiger charge is 2.45. The Hall–Kier alpha value is -2.15. The molecule has 118 valence electrons. The predicted octanol–water partition coefficient (Wildman–Crippen LogP) is 2.07. The van der Waals surface area contributed by atoms with Gasteiger partial charge in [-0.15, -0.1) is 0 Å². The second-order valence-electron chi connectivity index (χ2n) is 5.67. The molecule has 2 unspecified atom stereocenters. The number of nitro groups is 1. The van der Waals surface area contributed by atoms with Crippen molar-refractivity contribution in [2.45, 2.75) is 24.9 Å². The van der Waals surface area contributed by atoms with Gasteiger partial charge in [-0.2, -0.15) is 0 Å². The molecule has 7 nitrogen and oxygen atoms in total. The van der Waals surface area contributed by atoms with Crippen molar-refractivity contribution in [1.82, 2.24) is 0 Å². The molecular formula is C15H18N2O5. The molecule has 0 aromatic heterocycles. The zero-order chi connectivity index (χ0) is 15.7. The summed E-state index contributed by atoms with van der Waals surface area (Å²) in [4.78, 5) is 22.2. The summed E-state index contributed by atoms with van der Waals surface area (Å²) in [5.74, 6) is -0.260. The number of methoxy groups -OCH3 is 1. The lowest BCUT2D eigenvalue weighted by atomic mass is 10.1. The molecule has 1 aliphatic carbocycles. The molecule has 1 saturated carbocycles. The molecule has 1 aromatic rings. The van der Waals surface area contributed by atoms with Gasteiger partial charge in [0.05, 0.1) is 24.1 Å². The minimum absolute atomic E-state index is 0.0401. The van der Waals surface area contributed by atoms with E-state index in [0.717, 1.165) is 25.0 Å². The molecule has 7 heteroatoms. The first kappa shape index (κ1) is 14.8. The van der Waals surface area contributed by atoms with Crippen LogP contribution in [0.1, 0.15) is 24.3 Å². The van der Waals surface area contributed by atoms with Crippen LogP contribution in [0.15, 0.2) is 18.2 Å². The molecule has 1 aliphatic heterocycles. The van der Waals surface area contributed by atoms with Gasteiger partial charge in [0.2, 0.25) is 0 Å². The molecule has 0 spiro atoms. The largest absolute Gasteiger partial charge is 0.469 e. The average molecular weight is 306 g/mol. The Balaban J connectivity index is 1.75. The van der Waals surface area contributed by atoms with Crippen LogP contribution >= 0.6 is 0 Å². The maximum atomic E-state index is 11.5. The zero-order valence-electron chi connectivity index (χ0n) is 12.3.